The number of hydrogen-bond acceptors (Lipinski definition) is 3. The van der Waals surface area contributed by atoms with Gasteiger partial charge in [-0.15, -0.1) is 0 Å². The summed E-state index contributed by atoms with van der Waals surface area (Å²) in [5.41, 5.74) is 0.730. The molecule has 1 amide bonds. The molecule has 1 aliphatic heterocycles. The number of hydrogen-bond donors (Lipinski definition) is 1. The van der Waals surface area contributed by atoms with Crippen molar-refractivity contribution in [3.63, 3.8) is 0 Å². The highest BCUT2D eigenvalue weighted by Gasteiger charge is 2.20. The molecule has 2 rings (SSSR count). The summed E-state index contributed by atoms with van der Waals surface area (Å²) in [5.74, 6) is 0.216. The summed E-state index contributed by atoms with van der Waals surface area (Å²) in [6.45, 7) is 5.59. The van der Waals surface area contributed by atoms with E-state index >= 15 is 0 Å². The highest BCUT2D eigenvalue weighted by Crippen LogP contribution is 2.17. The minimum absolute atomic E-state index is 0.0355. The van der Waals surface area contributed by atoms with E-state index in [0.29, 0.717) is 0 Å². The molecule has 106 valence electrons. The van der Waals surface area contributed by atoms with Crippen LogP contribution in [0, 0.1) is 5.92 Å². The van der Waals surface area contributed by atoms with Crippen molar-refractivity contribution in [2.75, 3.05) is 11.9 Å². The Morgan fingerprint density at radius 3 is 3.11 bits per heavy atom. The zero-order valence-corrected chi connectivity index (χ0v) is 12.9. The van der Waals surface area contributed by atoms with E-state index in [1.807, 2.05) is 24.7 Å². The first kappa shape index (κ1) is 14.5. The van der Waals surface area contributed by atoms with E-state index < -0.39 is 0 Å². The van der Waals surface area contributed by atoms with E-state index in [-0.39, 0.29) is 22.8 Å². The Labute approximate surface area is 121 Å². The number of carbonyl (C=O) groups is 1. The van der Waals surface area contributed by atoms with Crippen LogP contribution < -0.4 is 5.32 Å². The normalized spacial score (nSPS) is 20.7. The van der Waals surface area contributed by atoms with Gasteiger partial charge in [-0.05, 0) is 18.8 Å². The van der Waals surface area contributed by atoms with Crippen LogP contribution in [0.3, 0.4) is 0 Å². The molecule has 1 N–H and O–H groups in total. The van der Waals surface area contributed by atoms with E-state index in [2.05, 4.69) is 26.3 Å². The zero-order valence-electron chi connectivity index (χ0n) is 11.3. The van der Waals surface area contributed by atoms with Gasteiger partial charge in [0, 0.05) is 12.8 Å². The average molecular weight is 330 g/mol. The van der Waals surface area contributed by atoms with Gasteiger partial charge in [0.25, 0.3) is 0 Å². The lowest BCUT2D eigenvalue weighted by Gasteiger charge is -2.12. The Kier molecular flexibility index (Phi) is 4.99. The van der Waals surface area contributed by atoms with Gasteiger partial charge < -0.3 is 10.1 Å². The SMILES string of the molecule is CC(C)C(Br)C(=O)Nc1cnn(CC2CCCO2)c1. The van der Waals surface area contributed by atoms with E-state index in [9.17, 15) is 4.79 Å². The Balaban J connectivity index is 1.88. The average Bonchev–Trinajstić information content (AvgIpc) is 3.00. The molecule has 1 aromatic heterocycles. The van der Waals surface area contributed by atoms with Crippen LogP contribution in [0.15, 0.2) is 12.4 Å². The molecular weight excluding hydrogens is 310 g/mol. The van der Waals surface area contributed by atoms with E-state index in [4.69, 9.17) is 4.74 Å². The third kappa shape index (κ3) is 4.04. The van der Waals surface area contributed by atoms with Crippen molar-refractivity contribution in [2.45, 2.75) is 44.2 Å². The lowest BCUT2D eigenvalue weighted by atomic mass is 10.1. The number of ether oxygens (including phenoxy) is 1. The molecule has 19 heavy (non-hydrogen) atoms. The summed E-state index contributed by atoms with van der Waals surface area (Å²) in [6.07, 6.45) is 5.98. The first-order valence-corrected chi connectivity index (χ1v) is 7.57. The molecule has 1 fully saturated rings. The Bertz CT molecular complexity index is 427. The van der Waals surface area contributed by atoms with E-state index in [1.165, 1.54) is 0 Å². The maximum atomic E-state index is 11.9. The van der Waals surface area contributed by atoms with Gasteiger partial charge in [0.05, 0.1) is 29.4 Å². The number of amides is 1. The summed E-state index contributed by atoms with van der Waals surface area (Å²) in [4.78, 5) is 11.7. The van der Waals surface area contributed by atoms with Gasteiger partial charge in [0.15, 0.2) is 0 Å². The monoisotopic (exact) mass is 329 g/mol. The molecule has 1 aromatic rings. The maximum absolute atomic E-state index is 11.9. The molecule has 2 unspecified atom stereocenters. The Morgan fingerprint density at radius 2 is 2.47 bits per heavy atom. The van der Waals surface area contributed by atoms with Crippen LogP contribution in [0.1, 0.15) is 26.7 Å². The number of aromatic nitrogens is 2. The van der Waals surface area contributed by atoms with Crippen LogP contribution in [0.4, 0.5) is 5.69 Å². The second-order valence-corrected chi connectivity index (χ2v) is 6.21. The number of alkyl halides is 1. The molecule has 2 atom stereocenters. The predicted molar refractivity (Wildman–Crippen MR) is 77.4 cm³/mol. The lowest BCUT2D eigenvalue weighted by Crippen LogP contribution is -2.26. The van der Waals surface area contributed by atoms with Gasteiger partial charge in [-0.3, -0.25) is 9.48 Å². The molecule has 6 heteroatoms. The van der Waals surface area contributed by atoms with Gasteiger partial charge in [-0.25, -0.2) is 0 Å². The number of nitrogens with one attached hydrogen (secondary N) is 1. The van der Waals surface area contributed by atoms with Crippen LogP contribution in [0.5, 0.6) is 0 Å². The molecule has 1 saturated heterocycles. The van der Waals surface area contributed by atoms with Gasteiger partial charge in [-0.2, -0.15) is 5.10 Å². The van der Waals surface area contributed by atoms with Crippen LogP contribution >= 0.6 is 15.9 Å². The van der Waals surface area contributed by atoms with Crippen LogP contribution in [-0.4, -0.2) is 33.2 Å². The molecule has 0 aromatic carbocycles. The van der Waals surface area contributed by atoms with Crippen molar-refractivity contribution >= 4 is 27.5 Å². The minimum atomic E-state index is -0.186. The third-order valence-corrected chi connectivity index (χ3v) is 4.62. The highest BCUT2D eigenvalue weighted by atomic mass is 79.9. The fraction of sp³-hybridized carbons (Fsp3) is 0.692. The molecule has 5 nitrogen and oxygen atoms in total. The number of rotatable bonds is 5. The van der Waals surface area contributed by atoms with Crippen molar-refractivity contribution in [3.8, 4) is 0 Å². The van der Waals surface area contributed by atoms with Gasteiger partial charge in [-0.1, -0.05) is 29.8 Å². The number of carbonyl (C=O) groups excluding carboxylic acids is 1. The summed E-state index contributed by atoms with van der Waals surface area (Å²) in [7, 11) is 0. The number of nitrogens with zero attached hydrogens (tertiary/aromatic N) is 2. The second-order valence-electron chi connectivity index (χ2n) is 5.22. The second kappa shape index (κ2) is 6.52. The van der Waals surface area contributed by atoms with Crippen molar-refractivity contribution in [1.82, 2.24) is 9.78 Å². The van der Waals surface area contributed by atoms with Crippen molar-refractivity contribution < 1.29 is 9.53 Å². The molecular formula is C13H20BrN3O2. The maximum Gasteiger partial charge on any atom is 0.238 e. The Morgan fingerprint density at radius 1 is 1.68 bits per heavy atom. The summed E-state index contributed by atoms with van der Waals surface area (Å²) in [5, 5.41) is 7.10. The molecule has 1 aliphatic rings. The first-order chi connectivity index (χ1) is 9.06. The fourth-order valence-corrected chi connectivity index (χ4v) is 2.15. The van der Waals surface area contributed by atoms with E-state index in [0.717, 1.165) is 31.7 Å². The molecule has 0 spiro atoms. The highest BCUT2D eigenvalue weighted by molar-refractivity contribution is 9.10. The number of anilines is 1. The number of halogens is 1. The largest absolute Gasteiger partial charge is 0.376 e. The van der Waals surface area contributed by atoms with Crippen LogP contribution in [0.2, 0.25) is 0 Å². The van der Waals surface area contributed by atoms with Gasteiger partial charge in [0.1, 0.15) is 0 Å². The smallest absolute Gasteiger partial charge is 0.238 e. The molecule has 2 heterocycles. The first-order valence-electron chi connectivity index (χ1n) is 6.65. The summed E-state index contributed by atoms with van der Waals surface area (Å²) < 4.78 is 7.38. The van der Waals surface area contributed by atoms with Crippen LogP contribution in [-0.2, 0) is 16.1 Å². The predicted octanol–water partition coefficient (Wildman–Crippen LogP) is 2.42. The fourth-order valence-electron chi connectivity index (χ4n) is 2.04. The van der Waals surface area contributed by atoms with Crippen molar-refractivity contribution in [3.05, 3.63) is 12.4 Å². The summed E-state index contributed by atoms with van der Waals surface area (Å²) in [6, 6.07) is 0. The molecule has 0 radical (unpaired) electrons. The lowest BCUT2D eigenvalue weighted by molar-refractivity contribution is -0.116. The standard InChI is InChI=1S/C13H20BrN3O2/c1-9(2)12(14)13(18)16-10-6-15-17(7-10)8-11-4-3-5-19-11/h6-7,9,11-12H,3-5,8H2,1-2H3,(H,16,18). The molecule has 0 bridgehead atoms. The zero-order chi connectivity index (χ0) is 13.8. The van der Waals surface area contributed by atoms with Crippen molar-refractivity contribution in [1.29, 1.82) is 0 Å². The molecule has 0 aliphatic carbocycles. The quantitative estimate of drug-likeness (QED) is 0.844. The van der Waals surface area contributed by atoms with E-state index in [1.54, 1.807) is 6.20 Å². The van der Waals surface area contributed by atoms with Gasteiger partial charge in [0.2, 0.25) is 5.91 Å². The molecule has 0 saturated carbocycles. The minimum Gasteiger partial charge on any atom is -0.376 e. The topological polar surface area (TPSA) is 56.2 Å². The Hall–Kier alpha value is -0.880. The van der Waals surface area contributed by atoms with Crippen LogP contribution in [0.25, 0.3) is 0 Å². The summed E-state index contributed by atoms with van der Waals surface area (Å²) >= 11 is 3.38. The third-order valence-electron chi connectivity index (χ3n) is 3.15. The van der Waals surface area contributed by atoms with Gasteiger partial charge >= 0.3 is 0 Å². The van der Waals surface area contributed by atoms with Crippen molar-refractivity contribution in [2.24, 2.45) is 5.92 Å².